The van der Waals surface area contributed by atoms with E-state index in [2.05, 4.69) is 44.3 Å². The molecule has 1 aromatic carbocycles. The Balaban J connectivity index is 3.04. The van der Waals surface area contributed by atoms with E-state index in [1.807, 2.05) is 7.05 Å². The van der Waals surface area contributed by atoms with Crippen molar-refractivity contribution in [2.75, 3.05) is 20.7 Å². The molecule has 3 N–H and O–H groups in total. The Kier molecular flexibility index (Phi) is 6.32. The molecule has 2 unspecified atom stereocenters. The number of methoxy groups -OCH3 is 1. The zero-order chi connectivity index (χ0) is 14.4. The average molecular weight is 264 g/mol. The molecule has 0 fully saturated rings. The topological polar surface area (TPSA) is 47.3 Å². The van der Waals surface area contributed by atoms with Gasteiger partial charge in [-0.2, -0.15) is 0 Å². The quantitative estimate of drug-likeness (QED) is 0.795. The maximum atomic E-state index is 6.42. The Morgan fingerprint density at radius 3 is 2.47 bits per heavy atom. The number of benzene rings is 1. The van der Waals surface area contributed by atoms with Crippen molar-refractivity contribution in [3.05, 3.63) is 29.3 Å². The summed E-state index contributed by atoms with van der Waals surface area (Å²) in [7, 11) is 3.68. The second kappa shape index (κ2) is 7.51. The van der Waals surface area contributed by atoms with Crippen molar-refractivity contribution in [1.82, 2.24) is 5.32 Å². The van der Waals surface area contributed by atoms with E-state index in [0.29, 0.717) is 11.8 Å². The van der Waals surface area contributed by atoms with Gasteiger partial charge in [0, 0.05) is 11.6 Å². The highest BCUT2D eigenvalue weighted by molar-refractivity contribution is 5.40. The lowest BCUT2D eigenvalue weighted by Gasteiger charge is -2.25. The van der Waals surface area contributed by atoms with Crippen LogP contribution < -0.4 is 15.8 Å². The van der Waals surface area contributed by atoms with Gasteiger partial charge < -0.3 is 15.8 Å². The van der Waals surface area contributed by atoms with Crippen LogP contribution in [-0.2, 0) is 0 Å². The number of hydrogen-bond donors (Lipinski definition) is 2. The van der Waals surface area contributed by atoms with Gasteiger partial charge in [0.15, 0.2) is 0 Å². The van der Waals surface area contributed by atoms with Crippen molar-refractivity contribution in [3.63, 3.8) is 0 Å². The minimum atomic E-state index is 0.00797. The van der Waals surface area contributed by atoms with E-state index in [1.54, 1.807) is 7.11 Å². The molecular formula is C16H28N2O. The summed E-state index contributed by atoms with van der Waals surface area (Å²) in [6.07, 6.45) is 1.05. The summed E-state index contributed by atoms with van der Waals surface area (Å²) in [5, 5.41) is 3.22. The number of hydrogen-bond acceptors (Lipinski definition) is 3. The van der Waals surface area contributed by atoms with E-state index in [4.69, 9.17) is 10.5 Å². The summed E-state index contributed by atoms with van der Waals surface area (Å²) in [6.45, 7) is 7.47. The SMILES string of the molecule is CCC(CNC)C(N)c1ccc(C(C)C)cc1OC. The highest BCUT2D eigenvalue weighted by Crippen LogP contribution is 2.32. The Morgan fingerprint density at radius 1 is 1.32 bits per heavy atom. The van der Waals surface area contributed by atoms with Gasteiger partial charge >= 0.3 is 0 Å². The first kappa shape index (κ1) is 16.0. The Bertz CT molecular complexity index is 390. The van der Waals surface area contributed by atoms with Crippen LogP contribution in [0.3, 0.4) is 0 Å². The van der Waals surface area contributed by atoms with Crippen LogP contribution in [-0.4, -0.2) is 20.7 Å². The van der Waals surface area contributed by atoms with Crippen LogP contribution in [0.2, 0.25) is 0 Å². The predicted octanol–water partition coefficient (Wildman–Crippen LogP) is 3.06. The third-order valence-electron chi connectivity index (χ3n) is 3.78. The molecule has 1 aromatic rings. The summed E-state index contributed by atoms with van der Waals surface area (Å²) in [6, 6.07) is 6.41. The summed E-state index contributed by atoms with van der Waals surface area (Å²) < 4.78 is 5.53. The largest absolute Gasteiger partial charge is 0.496 e. The fourth-order valence-electron chi connectivity index (χ4n) is 2.40. The van der Waals surface area contributed by atoms with Gasteiger partial charge in [0.2, 0.25) is 0 Å². The maximum Gasteiger partial charge on any atom is 0.123 e. The van der Waals surface area contributed by atoms with Crippen LogP contribution in [0, 0.1) is 5.92 Å². The van der Waals surface area contributed by atoms with Crippen molar-refractivity contribution in [2.24, 2.45) is 11.7 Å². The van der Waals surface area contributed by atoms with Crippen molar-refractivity contribution in [1.29, 1.82) is 0 Å². The second-order valence-corrected chi connectivity index (χ2v) is 5.41. The van der Waals surface area contributed by atoms with Gasteiger partial charge in [0.25, 0.3) is 0 Å². The molecular weight excluding hydrogens is 236 g/mol. The molecule has 0 aliphatic rings. The smallest absolute Gasteiger partial charge is 0.123 e. The lowest BCUT2D eigenvalue weighted by atomic mass is 9.89. The van der Waals surface area contributed by atoms with Crippen LogP contribution in [0.5, 0.6) is 5.75 Å². The fraction of sp³-hybridized carbons (Fsp3) is 0.625. The molecule has 3 nitrogen and oxygen atoms in total. The molecule has 19 heavy (non-hydrogen) atoms. The van der Waals surface area contributed by atoms with Gasteiger partial charge in [-0.1, -0.05) is 39.3 Å². The van der Waals surface area contributed by atoms with Gasteiger partial charge in [-0.25, -0.2) is 0 Å². The Hall–Kier alpha value is -1.06. The number of nitrogens with two attached hydrogens (primary N) is 1. The van der Waals surface area contributed by atoms with E-state index in [0.717, 1.165) is 24.3 Å². The molecule has 3 heteroatoms. The van der Waals surface area contributed by atoms with Crippen molar-refractivity contribution < 1.29 is 4.74 Å². The Labute approximate surface area is 117 Å². The lowest BCUT2D eigenvalue weighted by Crippen LogP contribution is -2.29. The highest BCUT2D eigenvalue weighted by Gasteiger charge is 2.21. The van der Waals surface area contributed by atoms with E-state index < -0.39 is 0 Å². The normalized spacial score (nSPS) is 14.5. The minimum Gasteiger partial charge on any atom is -0.496 e. The number of nitrogens with one attached hydrogen (secondary N) is 1. The number of rotatable bonds is 7. The molecule has 1 rings (SSSR count). The summed E-state index contributed by atoms with van der Waals surface area (Å²) in [4.78, 5) is 0. The van der Waals surface area contributed by atoms with Crippen molar-refractivity contribution in [2.45, 2.75) is 39.2 Å². The molecule has 0 aromatic heterocycles. The van der Waals surface area contributed by atoms with Crippen LogP contribution in [0.4, 0.5) is 0 Å². The molecule has 0 spiro atoms. The highest BCUT2D eigenvalue weighted by atomic mass is 16.5. The summed E-state index contributed by atoms with van der Waals surface area (Å²) >= 11 is 0. The third kappa shape index (κ3) is 3.95. The monoisotopic (exact) mass is 264 g/mol. The summed E-state index contributed by atoms with van der Waals surface area (Å²) in [5.41, 5.74) is 8.81. The van der Waals surface area contributed by atoms with E-state index in [-0.39, 0.29) is 6.04 Å². The zero-order valence-corrected chi connectivity index (χ0v) is 12.9. The van der Waals surface area contributed by atoms with Crippen LogP contribution >= 0.6 is 0 Å². The summed E-state index contributed by atoms with van der Waals surface area (Å²) in [5.74, 6) is 1.83. The van der Waals surface area contributed by atoms with E-state index in [1.165, 1.54) is 5.56 Å². The molecule has 108 valence electrons. The molecule has 0 aliphatic heterocycles. The lowest BCUT2D eigenvalue weighted by molar-refractivity contribution is 0.370. The van der Waals surface area contributed by atoms with Crippen LogP contribution in [0.15, 0.2) is 18.2 Å². The predicted molar refractivity (Wildman–Crippen MR) is 81.7 cm³/mol. The molecule has 2 atom stereocenters. The molecule has 0 amide bonds. The molecule has 0 saturated heterocycles. The van der Waals surface area contributed by atoms with Gasteiger partial charge in [0.1, 0.15) is 5.75 Å². The van der Waals surface area contributed by atoms with Crippen LogP contribution in [0.1, 0.15) is 50.3 Å². The first-order chi connectivity index (χ1) is 9.04. The van der Waals surface area contributed by atoms with Crippen molar-refractivity contribution >= 4 is 0 Å². The first-order valence-corrected chi connectivity index (χ1v) is 7.13. The molecule has 0 radical (unpaired) electrons. The van der Waals surface area contributed by atoms with Crippen LogP contribution in [0.25, 0.3) is 0 Å². The van der Waals surface area contributed by atoms with Gasteiger partial charge in [-0.05, 0) is 37.1 Å². The number of ether oxygens (including phenoxy) is 1. The van der Waals surface area contributed by atoms with Gasteiger partial charge in [-0.3, -0.25) is 0 Å². The second-order valence-electron chi connectivity index (χ2n) is 5.41. The first-order valence-electron chi connectivity index (χ1n) is 7.13. The zero-order valence-electron chi connectivity index (χ0n) is 12.9. The van der Waals surface area contributed by atoms with E-state index in [9.17, 15) is 0 Å². The maximum absolute atomic E-state index is 6.42. The Morgan fingerprint density at radius 2 is 2.00 bits per heavy atom. The standard InChI is InChI=1S/C16H28N2O/c1-6-12(10-18-4)16(17)14-8-7-13(11(2)3)9-15(14)19-5/h7-9,11-12,16,18H,6,10,17H2,1-5H3. The molecule has 0 heterocycles. The van der Waals surface area contributed by atoms with Gasteiger partial charge in [0.05, 0.1) is 7.11 Å². The fourth-order valence-corrected chi connectivity index (χ4v) is 2.40. The third-order valence-corrected chi connectivity index (χ3v) is 3.78. The molecule has 0 bridgehead atoms. The van der Waals surface area contributed by atoms with Gasteiger partial charge in [-0.15, -0.1) is 0 Å². The molecule has 0 aliphatic carbocycles. The minimum absolute atomic E-state index is 0.00797. The molecule has 0 saturated carbocycles. The van der Waals surface area contributed by atoms with E-state index >= 15 is 0 Å². The average Bonchev–Trinajstić information content (AvgIpc) is 2.43. The van der Waals surface area contributed by atoms with Crippen molar-refractivity contribution in [3.8, 4) is 5.75 Å².